The van der Waals surface area contributed by atoms with Gasteiger partial charge < -0.3 is 4.74 Å². The zero-order valence-electron chi connectivity index (χ0n) is 13.8. The number of benzene rings is 1. The molecule has 1 aliphatic carbocycles. The van der Waals surface area contributed by atoms with Crippen LogP contribution in [0.4, 0.5) is 8.78 Å². The monoisotopic (exact) mass is 320 g/mol. The van der Waals surface area contributed by atoms with E-state index in [1.165, 1.54) is 37.8 Å². The van der Waals surface area contributed by atoms with E-state index in [2.05, 4.69) is 19.1 Å². The van der Waals surface area contributed by atoms with Gasteiger partial charge in [-0.2, -0.15) is 0 Å². The summed E-state index contributed by atoms with van der Waals surface area (Å²) in [6.45, 7) is 2.85. The van der Waals surface area contributed by atoms with E-state index in [0.717, 1.165) is 36.8 Å². The van der Waals surface area contributed by atoms with E-state index in [9.17, 15) is 8.78 Å². The van der Waals surface area contributed by atoms with E-state index in [4.69, 9.17) is 4.74 Å². The zero-order chi connectivity index (χ0) is 16.2. The van der Waals surface area contributed by atoms with Crippen LogP contribution in [0.15, 0.2) is 30.4 Å². The molecule has 1 heterocycles. The Kier molecular flexibility index (Phi) is 5.47. The summed E-state index contributed by atoms with van der Waals surface area (Å²) in [6.07, 6.45) is 11.6. The maximum Gasteiger partial charge on any atom is 0.159 e. The average molecular weight is 320 g/mol. The predicted octanol–water partition coefficient (Wildman–Crippen LogP) is 5.82. The van der Waals surface area contributed by atoms with Gasteiger partial charge in [-0.05, 0) is 80.9 Å². The van der Waals surface area contributed by atoms with Crippen molar-refractivity contribution in [1.29, 1.82) is 0 Å². The minimum absolute atomic E-state index is 0.0827. The molecule has 1 nitrogen and oxygen atoms in total. The Morgan fingerprint density at radius 3 is 2.30 bits per heavy atom. The lowest BCUT2D eigenvalue weighted by molar-refractivity contribution is -0.0397. The van der Waals surface area contributed by atoms with E-state index >= 15 is 0 Å². The minimum atomic E-state index is -0.791. The summed E-state index contributed by atoms with van der Waals surface area (Å²) in [4.78, 5) is 0. The molecule has 0 radical (unpaired) electrons. The third-order valence-electron chi connectivity index (χ3n) is 5.57. The van der Waals surface area contributed by atoms with Gasteiger partial charge in [0.15, 0.2) is 11.6 Å². The number of ether oxygens (including phenoxy) is 1. The van der Waals surface area contributed by atoms with Gasteiger partial charge in [0.2, 0.25) is 0 Å². The van der Waals surface area contributed by atoms with Crippen LogP contribution in [0.3, 0.4) is 0 Å². The normalized spacial score (nSPS) is 32.3. The maximum absolute atomic E-state index is 13.4. The molecule has 1 aromatic carbocycles. The van der Waals surface area contributed by atoms with Crippen molar-refractivity contribution in [2.24, 2.45) is 17.8 Å². The number of rotatable bonds is 3. The quantitative estimate of drug-likeness (QED) is 0.638. The lowest BCUT2D eigenvalue weighted by Gasteiger charge is -2.37. The predicted molar refractivity (Wildman–Crippen MR) is 88.0 cm³/mol. The molecule has 2 atom stereocenters. The molecular weight excluding hydrogens is 294 g/mol. The Bertz CT molecular complexity index is 539. The molecule has 2 fully saturated rings. The van der Waals surface area contributed by atoms with Gasteiger partial charge in [0, 0.05) is 0 Å². The SMILES string of the molecule is C/C=C/C1CCC(C2CCC(c3ccc(F)c(F)c3)OC2)CC1. The summed E-state index contributed by atoms with van der Waals surface area (Å²) in [5, 5.41) is 0. The molecule has 126 valence electrons. The molecule has 0 bridgehead atoms. The smallest absolute Gasteiger partial charge is 0.159 e. The van der Waals surface area contributed by atoms with E-state index in [1.807, 2.05) is 0 Å². The first kappa shape index (κ1) is 16.6. The van der Waals surface area contributed by atoms with Gasteiger partial charge in [-0.3, -0.25) is 0 Å². The summed E-state index contributed by atoms with van der Waals surface area (Å²) in [6, 6.07) is 4.12. The summed E-state index contributed by atoms with van der Waals surface area (Å²) in [5.41, 5.74) is 0.763. The molecule has 1 saturated carbocycles. The summed E-state index contributed by atoms with van der Waals surface area (Å²) in [7, 11) is 0. The van der Waals surface area contributed by atoms with Gasteiger partial charge in [-0.15, -0.1) is 0 Å². The second-order valence-corrected chi connectivity index (χ2v) is 7.03. The van der Waals surface area contributed by atoms with E-state index < -0.39 is 11.6 Å². The topological polar surface area (TPSA) is 9.23 Å². The van der Waals surface area contributed by atoms with Crippen LogP contribution in [0.1, 0.15) is 57.1 Å². The standard InChI is InChI=1S/C20H26F2O/c1-2-3-14-4-6-15(7-5-14)17-9-11-20(23-13-17)16-8-10-18(21)19(22)12-16/h2-3,8,10,12,14-15,17,20H,4-7,9,11,13H2,1H3/b3-2+. The van der Waals surface area contributed by atoms with Gasteiger partial charge in [0.1, 0.15) is 0 Å². The van der Waals surface area contributed by atoms with Gasteiger partial charge in [0.05, 0.1) is 12.7 Å². The molecule has 0 aromatic heterocycles. The fourth-order valence-electron chi connectivity index (χ4n) is 4.20. The van der Waals surface area contributed by atoms with Crippen molar-refractivity contribution < 1.29 is 13.5 Å². The summed E-state index contributed by atoms with van der Waals surface area (Å²) >= 11 is 0. The first-order valence-electron chi connectivity index (χ1n) is 8.86. The largest absolute Gasteiger partial charge is 0.373 e. The Hall–Kier alpha value is -1.22. The summed E-state index contributed by atoms with van der Waals surface area (Å²) in [5.74, 6) is 0.581. The molecule has 0 amide bonds. The first-order chi connectivity index (χ1) is 11.2. The summed E-state index contributed by atoms with van der Waals surface area (Å²) < 4.78 is 32.4. The number of halogens is 2. The highest BCUT2D eigenvalue weighted by atomic mass is 19.2. The fourth-order valence-corrected chi connectivity index (χ4v) is 4.20. The van der Waals surface area contributed by atoms with Crippen LogP contribution >= 0.6 is 0 Å². The van der Waals surface area contributed by atoms with Gasteiger partial charge >= 0.3 is 0 Å². The number of allylic oxidation sites excluding steroid dienone is 2. The Balaban J connectivity index is 1.51. The van der Waals surface area contributed by atoms with E-state index in [1.54, 1.807) is 6.07 Å². The fraction of sp³-hybridized carbons (Fsp3) is 0.600. The molecule has 0 N–H and O–H groups in total. The maximum atomic E-state index is 13.4. The molecule has 2 unspecified atom stereocenters. The van der Waals surface area contributed by atoms with Crippen LogP contribution in [-0.2, 0) is 4.74 Å². The van der Waals surface area contributed by atoms with Crippen molar-refractivity contribution in [3.63, 3.8) is 0 Å². The number of hydrogen-bond acceptors (Lipinski definition) is 1. The van der Waals surface area contributed by atoms with Crippen molar-refractivity contribution in [3.8, 4) is 0 Å². The highest BCUT2D eigenvalue weighted by Gasteiger charge is 2.31. The van der Waals surface area contributed by atoms with Crippen LogP contribution in [0.2, 0.25) is 0 Å². The molecule has 3 rings (SSSR count). The van der Waals surface area contributed by atoms with Gasteiger partial charge in [-0.1, -0.05) is 18.2 Å². The van der Waals surface area contributed by atoms with E-state index in [0.29, 0.717) is 5.92 Å². The molecule has 0 spiro atoms. The van der Waals surface area contributed by atoms with Gasteiger partial charge in [-0.25, -0.2) is 8.78 Å². The van der Waals surface area contributed by atoms with Crippen molar-refractivity contribution in [2.75, 3.05) is 6.61 Å². The second kappa shape index (κ2) is 7.57. The van der Waals surface area contributed by atoms with Gasteiger partial charge in [0.25, 0.3) is 0 Å². The molecule has 23 heavy (non-hydrogen) atoms. The third kappa shape index (κ3) is 4.00. The van der Waals surface area contributed by atoms with Crippen molar-refractivity contribution in [1.82, 2.24) is 0 Å². The Morgan fingerprint density at radius 2 is 1.70 bits per heavy atom. The number of hydrogen-bond donors (Lipinski definition) is 0. The highest BCUT2D eigenvalue weighted by molar-refractivity contribution is 5.20. The zero-order valence-corrected chi connectivity index (χ0v) is 13.8. The Morgan fingerprint density at radius 1 is 0.957 bits per heavy atom. The molecule has 1 saturated heterocycles. The Labute approximate surface area is 137 Å². The van der Waals surface area contributed by atoms with Crippen molar-refractivity contribution in [3.05, 3.63) is 47.5 Å². The van der Waals surface area contributed by atoms with Crippen LogP contribution in [0.5, 0.6) is 0 Å². The van der Waals surface area contributed by atoms with Crippen LogP contribution in [0, 0.1) is 29.4 Å². The van der Waals surface area contributed by atoms with Crippen LogP contribution < -0.4 is 0 Å². The third-order valence-corrected chi connectivity index (χ3v) is 5.57. The molecule has 1 aromatic rings. The molecule has 3 heteroatoms. The first-order valence-corrected chi connectivity index (χ1v) is 8.86. The van der Waals surface area contributed by atoms with Crippen molar-refractivity contribution in [2.45, 2.75) is 51.6 Å². The highest BCUT2D eigenvalue weighted by Crippen LogP contribution is 2.40. The lowest BCUT2D eigenvalue weighted by Crippen LogP contribution is -2.29. The minimum Gasteiger partial charge on any atom is -0.373 e. The average Bonchev–Trinajstić information content (AvgIpc) is 2.59. The van der Waals surface area contributed by atoms with E-state index in [-0.39, 0.29) is 6.10 Å². The van der Waals surface area contributed by atoms with Crippen LogP contribution in [0.25, 0.3) is 0 Å². The molecule has 2 aliphatic rings. The lowest BCUT2D eigenvalue weighted by atomic mass is 9.73. The van der Waals surface area contributed by atoms with Crippen LogP contribution in [-0.4, -0.2) is 6.61 Å². The van der Waals surface area contributed by atoms with Crippen molar-refractivity contribution >= 4 is 0 Å². The molecular formula is C20H26F2O. The second-order valence-electron chi connectivity index (χ2n) is 7.03. The molecule has 1 aliphatic heterocycles.